The van der Waals surface area contributed by atoms with Crippen LogP contribution in [0.5, 0.6) is 0 Å². The summed E-state index contributed by atoms with van der Waals surface area (Å²) in [5.74, 6) is 0.988. The Hall–Kier alpha value is -0.780. The summed E-state index contributed by atoms with van der Waals surface area (Å²) in [5.41, 5.74) is 1.23. The lowest BCUT2D eigenvalue weighted by Crippen LogP contribution is -2.26. The first-order valence-electron chi connectivity index (χ1n) is 6.81. The minimum atomic E-state index is 0.319. The van der Waals surface area contributed by atoms with E-state index in [1.54, 1.807) is 0 Å². The minimum absolute atomic E-state index is 0.319. The number of hydrogen-bond donors (Lipinski definition) is 1. The Morgan fingerprint density at radius 3 is 2.80 bits per heavy atom. The van der Waals surface area contributed by atoms with Crippen LogP contribution in [0.1, 0.15) is 25.1 Å². The predicted molar refractivity (Wildman–Crippen MR) is 89.1 cm³/mol. The van der Waals surface area contributed by atoms with Crippen LogP contribution in [0.3, 0.4) is 0 Å². The number of nitrogens with zero attached hydrogens (tertiary/aromatic N) is 2. The smallest absolute Gasteiger partial charge is 0.0587 e. The molecule has 1 aromatic heterocycles. The summed E-state index contributed by atoms with van der Waals surface area (Å²) < 4.78 is 3.11. The predicted octanol–water partition coefficient (Wildman–Crippen LogP) is 4.02. The van der Waals surface area contributed by atoms with Gasteiger partial charge in [0.2, 0.25) is 0 Å². The van der Waals surface area contributed by atoms with Gasteiger partial charge in [0.15, 0.2) is 0 Å². The van der Waals surface area contributed by atoms with E-state index in [0.29, 0.717) is 6.04 Å². The first kappa shape index (κ1) is 15.6. The molecule has 3 nitrogen and oxygen atoms in total. The Bertz CT molecular complexity index is 541. The van der Waals surface area contributed by atoms with Crippen LogP contribution in [-0.2, 0) is 7.05 Å². The fourth-order valence-corrected chi connectivity index (χ4v) is 3.67. The Morgan fingerprint density at radius 1 is 1.35 bits per heavy atom. The fraction of sp³-hybridized carbons (Fsp3) is 0.400. The molecule has 0 bridgehead atoms. The van der Waals surface area contributed by atoms with E-state index in [1.807, 2.05) is 35.8 Å². The molecule has 1 aromatic carbocycles. The van der Waals surface area contributed by atoms with Gasteiger partial charge < -0.3 is 5.32 Å². The third kappa shape index (κ3) is 4.11. The van der Waals surface area contributed by atoms with Crippen molar-refractivity contribution in [1.82, 2.24) is 15.1 Å². The van der Waals surface area contributed by atoms with E-state index in [-0.39, 0.29) is 0 Å². The van der Waals surface area contributed by atoms with E-state index in [1.165, 1.54) is 10.6 Å². The van der Waals surface area contributed by atoms with E-state index < -0.39 is 0 Å². The summed E-state index contributed by atoms with van der Waals surface area (Å²) in [6.45, 7) is 3.21. The van der Waals surface area contributed by atoms with Crippen molar-refractivity contribution in [2.75, 3.05) is 12.3 Å². The molecule has 0 saturated carbocycles. The molecule has 20 heavy (non-hydrogen) atoms. The molecule has 0 saturated heterocycles. The van der Waals surface area contributed by atoms with Crippen molar-refractivity contribution in [3.63, 3.8) is 0 Å². The number of halogens is 1. The van der Waals surface area contributed by atoms with Crippen LogP contribution in [0.4, 0.5) is 0 Å². The van der Waals surface area contributed by atoms with Gasteiger partial charge in [0.1, 0.15) is 0 Å². The second-order valence-corrected chi connectivity index (χ2v) is 6.54. The van der Waals surface area contributed by atoms with Crippen molar-refractivity contribution in [3.05, 3.63) is 46.7 Å². The molecule has 2 aromatic rings. The standard InChI is InChI=1S/C15H20BrN3S/c1-3-9-17-13(14-8-10-18-19(14)2)11-20-15-7-5-4-6-12(15)16/h4-8,10,13,17H,3,9,11H2,1-2H3. The highest BCUT2D eigenvalue weighted by molar-refractivity contribution is 9.10. The zero-order chi connectivity index (χ0) is 14.4. The van der Waals surface area contributed by atoms with Crippen LogP contribution < -0.4 is 5.32 Å². The molecule has 2 rings (SSSR count). The average molecular weight is 354 g/mol. The Labute approximate surface area is 133 Å². The SMILES string of the molecule is CCCNC(CSc1ccccc1Br)c1ccnn1C. The van der Waals surface area contributed by atoms with Crippen LogP contribution in [0.2, 0.25) is 0 Å². The van der Waals surface area contributed by atoms with Crippen LogP contribution in [-0.4, -0.2) is 22.1 Å². The Morgan fingerprint density at radius 2 is 2.15 bits per heavy atom. The van der Waals surface area contributed by atoms with Crippen molar-refractivity contribution in [3.8, 4) is 0 Å². The van der Waals surface area contributed by atoms with Crippen molar-refractivity contribution in [1.29, 1.82) is 0 Å². The van der Waals surface area contributed by atoms with Gasteiger partial charge in [0, 0.05) is 28.4 Å². The molecule has 0 aliphatic rings. The first-order chi connectivity index (χ1) is 9.72. The zero-order valence-corrected chi connectivity index (χ0v) is 14.2. The quantitative estimate of drug-likeness (QED) is 0.762. The number of rotatable bonds is 7. The van der Waals surface area contributed by atoms with Crippen LogP contribution in [0, 0.1) is 0 Å². The maximum atomic E-state index is 4.28. The fourth-order valence-electron chi connectivity index (χ4n) is 2.03. The lowest BCUT2D eigenvalue weighted by molar-refractivity contribution is 0.535. The molecular weight excluding hydrogens is 334 g/mol. The molecule has 0 spiro atoms. The van der Waals surface area contributed by atoms with Gasteiger partial charge in [-0.1, -0.05) is 19.1 Å². The van der Waals surface area contributed by atoms with Crippen LogP contribution in [0.15, 0.2) is 45.9 Å². The third-order valence-electron chi connectivity index (χ3n) is 3.10. The maximum Gasteiger partial charge on any atom is 0.0587 e. The molecule has 1 atom stereocenters. The van der Waals surface area contributed by atoms with Crippen molar-refractivity contribution >= 4 is 27.7 Å². The number of thioether (sulfide) groups is 1. The molecule has 0 radical (unpaired) electrons. The van der Waals surface area contributed by atoms with Gasteiger partial charge in [-0.2, -0.15) is 5.10 Å². The van der Waals surface area contributed by atoms with E-state index in [4.69, 9.17) is 0 Å². The number of aromatic nitrogens is 2. The van der Waals surface area contributed by atoms with Gasteiger partial charge in [-0.3, -0.25) is 4.68 Å². The second kappa shape index (κ2) is 7.86. The van der Waals surface area contributed by atoms with E-state index in [9.17, 15) is 0 Å². The van der Waals surface area contributed by atoms with E-state index in [0.717, 1.165) is 23.2 Å². The largest absolute Gasteiger partial charge is 0.308 e. The molecule has 0 amide bonds. The van der Waals surface area contributed by atoms with Crippen molar-refractivity contribution < 1.29 is 0 Å². The molecule has 1 N–H and O–H groups in total. The van der Waals surface area contributed by atoms with Gasteiger partial charge in [0.05, 0.1) is 11.7 Å². The minimum Gasteiger partial charge on any atom is -0.308 e. The zero-order valence-electron chi connectivity index (χ0n) is 11.8. The Balaban J connectivity index is 2.05. The van der Waals surface area contributed by atoms with Crippen LogP contribution in [0.25, 0.3) is 0 Å². The normalized spacial score (nSPS) is 12.6. The van der Waals surface area contributed by atoms with Crippen molar-refractivity contribution in [2.24, 2.45) is 7.05 Å². The molecule has 1 unspecified atom stereocenters. The molecule has 5 heteroatoms. The van der Waals surface area contributed by atoms with E-state index >= 15 is 0 Å². The topological polar surface area (TPSA) is 29.9 Å². The van der Waals surface area contributed by atoms with Crippen molar-refractivity contribution in [2.45, 2.75) is 24.3 Å². The van der Waals surface area contributed by atoms with E-state index in [2.05, 4.69) is 57.5 Å². The van der Waals surface area contributed by atoms with Gasteiger partial charge >= 0.3 is 0 Å². The summed E-state index contributed by atoms with van der Waals surface area (Å²) in [6, 6.07) is 10.8. The summed E-state index contributed by atoms with van der Waals surface area (Å²) in [4.78, 5) is 1.28. The molecular formula is C15H20BrN3S. The number of hydrogen-bond acceptors (Lipinski definition) is 3. The van der Waals surface area contributed by atoms with Gasteiger partial charge in [-0.15, -0.1) is 11.8 Å². The summed E-state index contributed by atoms with van der Waals surface area (Å²) >= 11 is 5.47. The average Bonchev–Trinajstić information content (AvgIpc) is 2.87. The highest BCUT2D eigenvalue weighted by atomic mass is 79.9. The number of benzene rings is 1. The summed E-state index contributed by atoms with van der Waals surface area (Å²) in [7, 11) is 2.00. The Kier molecular flexibility index (Phi) is 6.13. The monoisotopic (exact) mass is 353 g/mol. The molecule has 0 aliphatic heterocycles. The lowest BCUT2D eigenvalue weighted by Gasteiger charge is -2.18. The molecule has 0 fully saturated rings. The van der Waals surface area contributed by atoms with Gasteiger partial charge in [0.25, 0.3) is 0 Å². The van der Waals surface area contributed by atoms with Gasteiger partial charge in [-0.05, 0) is 47.1 Å². The number of aryl methyl sites for hydroxylation is 1. The lowest BCUT2D eigenvalue weighted by atomic mass is 10.2. The first-order valence-corrected chi connectivity index (χ1v) is 8.59. The second-order valence-electron chi connectivity index (χ2n) is 4.63. The summed E-state index contributed by atoms with van der Waals surface area (Å²) in [6.07, 6.45) is 2.99. The highest BCUT2D eigenvalue weighted by Gasteiger charge is 2.15. The third-order valence-corrected chi connectivity index (χ3v) is 5.22. The highest BCUT2D eigenvalue weighted by Crippen LogP contribution is 2.30. The molecule has 0 aliphatic carbocycles. The molecule has 1 heterocycles. The summed E-state index contributed by atoms with van der Waals surface area (Å²) in [5, 5.41) is 7.88. The van der Waals surface area contributed by atoms with Crippen LogP contribution >= 0.6 is 27.7 Å². The number of nitrogens with one attached hydrogen (secondary N) is 1. The molecule has 108 valence electrons. The van der Waals surface area contributed by atoms with Gasteiger partial charge in [-0.25, -0.2) is 0 Å². The maximum absolute atomic E-state index is 4.28.